The molecule has 0 spiro atoms. The SMILES string of the molecule is CC(=O)Nc1nnc(S(=O)(=O)NC(C)c2cccnc2)s1. The molecular weight excluding hydrogens is 314 g/mol. The van der Waals surface area contributed by atoms with Crippen LogP contribution < -0.4 is 10.0 Å². The molecule has 1 amide bonds. The summed E-state index contributed by atoms with van der Waals surface area (Å²) in [6.45, 7) is 3.00. The number of anilines is 1. The molecule has 0 aliphatic rings. The second kappa shape index (κ2) is 6.24. The van der Waals surface area contributed by atoms with Crippen molar-refractivity contribution in [3.05, 3.63) is 30.1 Å². The highest BCUT2D eigenvalue weighted by Crippen LogP contribution is 2.22. The van der Waals surface area contributed by atoms with E-state index >= 15 is 0 Å². The average molecular weight is 327 g/mol. The molecule has 0 radical (unpaired) electrons. The van der Waals surface area contributed by atoms with Crippen LogP contribution in [0.15, 0.2) is 28.9 Å². The Morgan fingerprint density at radius 2 is 2.14 bits per heavy atom. The molecule has 112 valence electrons. The van der Waals surface area contributed by atoms with Crippen LogP contribution in [0.2, 0.25) is 0 Å². The van der Waals surface area contributed by atoms with Crippen molar-refractivity contribution in [3.63, 3.8) is 0 Å². The number of pyridine rings is 1. The van der Waals surface area contributed by atoms with Crippen LogP contribution in [-0.4, -0.2) is 29.5 Å². The standard InChI is InChI=1S/C11H13N5O3S2/c1-7(9-4-3-5-12-6-9)16-21(18,19)11-15-14-10(20-11)13-8(2)17/h3-7,16H,1-2H3,(H,13,14,17). The number of amides is 1. The van der Waals surface area contributed by atoms with Gasteiger partial charge in [-0.05, 0) is 18.6 Å². The zero-order valence-electron chi connectivity index (χ0n) is 11.3. The molecule has 1 atom stereocenters. The third-order valence-electron chi connectivity index (χ3n) is 2.44. The van der Waals surface area contributed by atoms with Crippen molar-refractivity contribution in [2.24, 2.45) is 0 Å². The first kappa shape index (κ1) is 15.5. The molecule has 2 aromatic heterocycles. The number of nitrogens with zero attached hydrogens (tertiary/aromatic N) is 3. The van der Waals surface area contributed by atoms with E-state index in [1.165, 1.54) is 6.92 Å². The van der Waals surface area contributed by atoms with Gasteiger partial charge in [0.05, 0.1) is 0 Å². The maximum atomic E-state index is 12.2. The molecule has 2 aromatic rings. The second-order valence-corrected chi connectivity index (χ2v) is 7.05. The van der Waals surface area contributed by atoms with Crippen LogP contribution in [0.5, 0.6) is 0 Å². The summed E-state index contributed by atoms with van der Waals surface area (Å²) in [5, 5.41) is 9.71. The van der Waals surface area contributed by atoms with E-state index in [1.807, 2.05) is 0 Å². The quantitative estimate of drug-likeness (QED) is 0.790. The first-order valence-corrected chi connectivity index (χ1v) is 8.22. The highest BCUT2D eigenvalue weighted by atomic mass is 32.2. The van der Waals surface area contributed by atoms with E-state index in [0.717, 1.165) is 16.9 Å². The summed E-state index contributed by atoms with van der Waals surface area (Å²) in [6.07, 6.45) is 3.19. The second-order valence-electron chi connectivity index (χ2n) is 4.18. The Kier molecular flexibility index (Phi) is 4.60. The van der Waals surface area contributed by atoms with Crippen molar-refractivity contribution >= 4 is 32.4 Å². The van der Waals surface area contributed by atoms with Crippen molar-refractivity contribution in [2.45, 2.75) is 24.2 Å². The van der Waals surface area contributed by atoms with Crippen LogP contribution in [-0.2, 0) is 14.8 Å². The summed E-state index contributed by atoms with van der Waals surface area (Å²) in [5.41, 5.74) is 0.729. The van der Waals surface area contributed by atoms with E-state index in [9.17, 15) is 13.2 Å². The number of rotatable bonds is 5. The van der Waals surface area contributed by atoms with Crippen molar-refractivity contribution < 1.29 is 13.2 Å². The molecule has 0 saturated carbocycles. The van der Waals surface area contributed by atoms with Gasteiger partial charge in [-0.15, -0.1) is 10.2 Å². The number of sulfonamides is 1. The number of nitrogens with one attached hydrogen (secondary N) is 2. The minimum Gasteiger partial charge on any atom is -0.301 e. The number of aromatic nitrogens is 3. The zero-order chi connectivity index (χ0) is 15.5. The Morgan fingerprint density at radius 1 is 1.38 bits per heavy atom. The van der Waals surface area contributed by atoms with Gasteiger partial charge in [-0.25, -0.2) is 13.1 Å². The smallest absolute Gasteiger partial charge is 0.270 e. The molecule has 0 aliphatic heterocycles. The van der Waals surface area contributed by atoms with E-state index in [2.05, 4.69) is 25.2 Å². The lowest BCUT2D eigenvalue weighted by Gasteiger charge is -2.12. The lowest BCUT2D eigenvalue weighted by Crippen LogP contribution is -2.26. The van der Waals surface area contributed by atoms with E-state index in [-0.39, 0.29) is 15.4 Å². The molecule has 2 rings (SSSR count). The Hall–Kier alpha value is -1.91. The third kappa shape index (κ3) is 4.03. The topological polar surface area (TPSA) is 114 Å². The summed E-state index contributed by atoms with van der Waals surface area (Å²) in [6, 6.07) is 3.03. The largest absolute Gasteiger partial charge is 0.301 e. The summed E-state index contributed by atoms with van der Waals surface area (Å²) in [5.74, 6) is -0.341. The van der Waals surface area contributed by atoms with Gasteiger partial charge >= 0.3 is 0 Å². The highest BCUT2D eigenvalue weighted by Gasteiger charge is 2.23. The summed E-state index contributed by atoms with van der Waals surface area (Å²) >= 11 is 0.785. The Bertz CT molecular complexity index is 729. The maximum Gasteiger partial charge on any atom is 0.270 e. The van der Waals surface area contributed by atoms with Crippen LogP contribution in [0.25, 0.3) is 0 Å². The lowest BCUT2D eigenvalue weighted by molar-refractivity contribution is -0.114. The van der Waals surface area contributed by atoms with E-state index in [4.69, 9.17) is 0 Å². The molecule has 2 heterocycles. The van der Waals surface area contributed by atoms with Crippen molar-refractivity contribution in [3.8, 4) is 0 Å². The highest BCUT2D eigenvalue weighted by molar-refractivity contribution is 7.91. The molecule has 8 nitrogen and oxygen atoms in total. The summed E-state index contributed by atoms with van der Waals surface area (Å²) < 4.78 is 26.6. The number of hydrogen-bond acceptors (Lipinski definition) is 7. The summed E-state index contributed by atoms with van der Waals surface area (Å²) in [7, 11) is -3.81. The van der Waals surface area contributed by atoms with Crippen molar-refractivity contribution in [2.75, 3.05) is 5.32 Å². The van der Waals surface area contributed by atoms with Crippen LogP contribution >= 0.6 is 11.3 Å². The van der Waals surface area contributed by atoms with Gasteiger partial charge in [0.2, 0.25) is 15.4 Å². The fraction of sp³-hybridized carbons (Fsp3) is 0.273. The predicted octanol–water partition coefficient (Wildman–Crippen LogP) is 0.931. The maximum absolute atomic E-state index is 12.2. The monoisotopic (exact) mass is 327 g/mol. The van der Waals surface area contributed by atoms with Crippen molar-refractivity contribution in [1.82, 2.24) is 19.9 Å². The fourth-order valence-electron chi connectivity index (χ4n) is 1.50. The molecular formula is C11H13N5O3S2. The van der Waals surface area contributed by atoms with Crippen LogP contribution in [0.1, 0.15) is 25.5 Å². The van der Waals surface area contributed by atoms with Gasteiger partial charge in [-0.1, -0.05) is 17.4 Å². The third-order valence-corrected chi connectivity index (χ3v) is 5.18. The van der Waals surface area contributed by atoms with Gasteiger partial charge in [0.1, 0.15) is 0 Å². The Balaban J connectivity index is 2.15. The molecule has 1 unspecified atom stereocenters. The molecule has 0 aromatic carbocycles. The van der Waals surface area contributed by atoms with Gasteiger partial charge < -0.3 is 5.32 Å². The van der Waals surface area contributed by atoms with Crippen molar-refractivity contribution in [1.29, 1.82) is 0 Å². The molecule has 0 saturated heterocycles. The molecule has 0 aliphatic carbocycles. The van der Waals surface area contributed by atoms with E-state index in [0.29, 0.717) is 0 Å². The Morgan fingerprint density at radius 3 is 2.76 bits per heavy atom. The van der Waals surface area contributed by atoms with Gasteiger partial charge in [0, 0.05) is 25.4 Å². The minimum absolute atomic E-state index is 0.136. The molecule has 21 heavy (non-hydrogen) atoms. The Labute approximate surface area is 125 Å². The fourth-order valence-corrected chi connectivity index (χ4v) is 3.70. The zero-order valence-corrected chi connectivity index (χ0v) is 12.9. The van der Waals surface area contributed by atoms with Crippen LogP contribution in [0.3, 0.4) is 0 Å². The van der Waals surface area contributed by atoms with E-state index < -0.39 is 16.1 Å². The first-order chi connectivity index (χ1) is 9.88. The normalized spacial score (nSPS) is 12.9. The van der Waals surface area contributed by atoms with Gasteiger partial charge in [-0.2, -0.15) is 0 Å². The van der Waals surface area contributed by atoms with Gasteiger partial charge in [0.15, 0.2) is 0 Å². The number of carbonyl (C=O) groups excluding carboxylic acids is 1. The molecule has 10 heteroatoms. The van der Waals surface area contributed by atoms with E-state index in [1.54, 1.807) is 31.5 Å². The first-order valence-electron chi connectivity index (χ1n) is 5.92. The lowest BCUT2D eigenvalue weighted by atomic mass is 10.2. The minimum atomic E-state index is -3.81. The van der Waals surface area contributed by atoms with Crippen LogP contribution in [0.4, 0.5) is 5.13 Å². The molecule has 2 N–H and O–H groups in total. The molecule has 0 fully saturated rings. The number of hydrogen-bond donors (Lipinski definition) is 2. The van der Waals surface area contributed by atoms with Gasteiger partial charge in [0.25, 0.3) is 10.0 Å². The number of carbonyl (C=O) groups is 1. The predicted molar refractivity (Wildman–Crippen MR) is 77.2 cm³/mol. The van der Waals surface area contributed by atoms with Crippen LogP contribution in [0, 0.1) is 0 Å². The molecule has 0 bridgehead atoms. The average Bonchev–Trinajstić information content (AvgIpc) is 2.88. The van der Waals surface area contributed by atoms with Gasteiger partial charge in [-0.3, -0.25) is 9.78 Å². The summed E-state index contributed by atoms with van der Waals surface area (Å²) in [4.78, 5) is 14.8.